The summed E-state index contributed by atoms with van der Waals surface area (Å²) in [6, 6.07) is 0.212. The number of epoxide rings is 1. The zero-order chi connectivity index (χ0) is 27.3. The second kappa shape index (κ2) is 12.9. The summed E-state index contributed by atoms with van der Waals surface area (Å²) in [6.45, 7) is 13.2. The van der Waals surface area contributed by atoms with E-state index in [9.17, 15) is 19.8 Å². The number of ether oxygens (including phenoxy) is 1. The van der Waals surface area contributed by atoms with Crippen molar-refractivity contribution in [1.29, 1.82) is 0 Å². The number of ketones is 1. The molecule has 7 nitrogen and oxygen atoms in total. The number of likely N-dealkylation sites (N-methyl/N-ethyl adjacent to an activating group) is 1. The Morgan fingerprint density at radius 1 is 1.36 bits per heavy atom. The summed E-state index contributed by atoms with van der Waals surface area (Å²) >= 11 is 1.65. The average molecular weight is 523 g/mol. The smallest absolute Gasteiger partial charge is 0.146 e. The van der Waals surface area contributed by atoms with E-state index in [0.717, 1.165) is 36.4 Å². The molecule has 7 atom stereocenters. The van der Waals surface area contributed by atoms with Gasteiger partial charge in [-0.3, -0.25) is 4.79 Å². The lowest BCUT2D eigenvalue weighted by Gasteiger charge is -2.34. The van der Waals surface area contributed by atoms with Gasteiger partial charge in [0.25, 0.3) is 0 Å². The van der Waals surface area contributed by atoms with Gasteiger partial charge in [0, 0.05) is 23.8 Å². The molecule has 1 saturated heterocycles. The number of Topliss-reactive ketones (excluding diaryl/α,β-unsaturated/α-hetero) is 1. The Balaban J connectivity index is 1.83. The topological polar surface area (TPSA) is 112 Å². The number of aryl methyl sites for hydroxylation is 1. The maximum Gasteiger partial charge on any atom is 0.146 e. The van der Waals surface area contributed by atoms with Gasteiger partial charge in [0.2, 0.25) is 0 Å². The van der Waals surface area contributed by atoms with Gasteiger partial charge in [0.1, 0.15) is 12.1 Å². The van der Waals surface area contributed by atoms with Crippen molar-refractivity contribution in [3.8, 4) is 0 Å². The molecule has 0 aliphatic carbocycles. The molecule has 204 valence electrons. The van der Waals surface area contributed by atoms with Gasteiger partial charge in [0.15, 0.2) is 0 Å². The highest BCUT2D eigenvalue weighted by Gasteiger charge is 2.52. The van der Waals surface area contributed by atoms with Crippen molar-refractivity contribution in [2.45, 2.75) is 111 Å². The molecule has 0 saturated carbocycles. The minimum atomic E-state index is -1.08. The number of aromatic nitrogens is 1. The molecule has 1 aliphatic heterocycles. The zero-order valence-corrected chi connectivity index (χ0v) is 24.0. The molecular weight excluding hydrogens is 476 g/mol. The molecule has 0 radical (unpaired) electrons. The fraction of sp³-hybridized carbons (Fsp3) is 0.750. The fourth-order valence-corrected chi connectivity index (χ4v) is 5.63. The molecule has 0 unspecified atom stereocenters. The van der Waals surface area contributed by atoms with Crippen LogP contribution in [0.15, 0.2) is 11.0 Å². The first-order valence-corrected chi connectivity index (χ1v) is 13.9. The Morgan fingerprint density at radius 3 is 2.58 bits per heavy atom. The van der Waals surface area contributed by atoms with Gasteiger partial charge in [-0.2, -0.15) is 0 Å². The molecule has 2 rings (SSSR count). The summed E-state index contributed by atoms with van der Waals surface area (Å²) in [6.07, 6.45) is 4.43. The standard InChI is InChI=1S/C28H46N2O5S/c1-17(25(33)19(3)26(34)27(5,6)23(32)11-13-31)10-9-12-28(7)24(35-28)15-22(29-8)18(2)14-21-16-36-20(4)30-21/h13-14,16-17,19,22-25,29,32-33H,9-12,15H2,1-8H3/b18-14+/t17-,19+,22-,23-,24-,25-,28+/m0/s1. The second-order valence-electron chi connectivity index (χ2n) is 11.3. The van der Waals surface area contributed by atoms with E-state index in [2.05, 4.69) is 35.6 Å². The maximum absolute atomic E-state index is 12.9. The Labute approximate surface area is 220 Å². The van der Waals surface area contributed by atoms with Crippen molar-refractivity contribution in [3.63, 3.8) is 0 Å². The van der Waals surface area contributed by atoms with E-state index in [0.29, 0.717) is 6.29 Å². The number of hydrogen-bond donors (Lipinski definition) is 3. The average Bonchev–Trinajstić information content (AvgIpc) is 3.28. The van der Waals surface area contributed by atoms with Crippen molar-refractivity contribution in [1.82, 2.24) is 10.3 Å². The molecule has 0 aromatic carbocycles. The molecule has 3 N–H and O–H groups in total. The first-order chi connectivity index (χ1) is 16.8. The largest absolute Gasteiger partial charge is 0.392 e. The molecular formula is C28H46N2O5S. The lowest BCUT2D eigenvalue weighted by Crippen LogP contribution is -2.44. The predicted octanol–water partition coefficient (Wildman–Crippen LogP) is 4.34. The lowest BCUT2D eigenvalue weighted by molar-refractivity contribution is -0.142. The van der Waals surface area contributed by atoms with Crippen LogP contribution in [-0.4, -0.2) is 64.3 Å². The third-order valence-corrected chi connectivity index (χ3v) is 8.82. The van der Waals surface area contributed by atoms with Crippen molar-refractivity contribution >= 4 is 29.5 Å². The SMILES string of the molecule is CN[C@@H](C[C@@H]1O[C@]1(C)CCC[C@H](C)[C@H](O)[C@@H](C)C(=O)C(C)(C)[C@@H](O)CC=O)/C(C)=C/c1csc(C)n1. The van der Waals surface area contributed by atoms with Crippen LogP contribution in [0.5, 0.6) is 0 Å². The number of thiazole rings is 1. The molecule has 1 aromatic heterocycles. The van der Waals surface area contributed by atoms with Gasteiger partial charge in [0.05, 0.1) is 40.0 Å². The van der Waals surface area contributed by atoms with Crippen LogP contribution in [0.3, 0.4) is 0 Å². The van der Waals surface area contributed by atoms with Crippen LogP contribution in [0.4, 0.5) is 0 Å². The van der Waals surface area contributed by atoms with E-state index in [1.54, 1.807) is 32.1 Å². The monoisotopic (exact) mass is 522 g/mol. The summed E-state index contributed by atoms with van der Waals surface area (Å²) in [5.41, 5.74) is 0.978. The van der Waals surface area contributed by atoms with Gasteiger partial charge >= 0.3 is 0 Å². The zero-order valence-electron chi connectivity index (χ0n) is 23.2. The van der Waals surface area contributed by atoms with Crippen LogP contribution in [-0.2, 0) is 14.3 Å². The summed E-state index contributed by atoms with van der Waals surface area (Å²) in [4.78, 5) is 28.2. The molecule has 0 spiro atoms. The molecule has 36 heavy (non-hydrogen) atoms. The number of aldehydes is 1. The number of carbonyl (C=O) groups is 2. The van der Waals surface area contributed by atoms with Crippen molar-refractivity contribution in [3.05, 3.63) is 21.7 Å². The van der Waals surface area contributed by atoms with Gasteiger partial charge in [-0.15, -0.1) is 11.3 Å². The van der Waals surface area contributed by atoms with Crippen LogP contribution in [0.2, 0.25) is 0 Å². The van der Waals surface area contributed by atoms with E-state index in [-0.39, 0.29) is 35.9 Å². The van der Waals surface area contributed by atoms with Crippen molar-refractivity contribution in [2.75, 3.05) is 7.05 Å². The van der Waals surface area contributed by atoms with Gasteiger partial charge in [-0.05, 0) is 59.1 Å². The lowest BCUT2D eigenvalue weighted by atomic mass is 9.73. The summed E-state index contributed by atoms with van der Waals surface area (Å²) < 4.78 is 6.11. The van der Waals surface area contributed by atoms with E-state index < -0.39 is 23.5 Å². The van der Waals surface area contributed by atoms with Crippen LogP contribution >= 0.6 is 11.3 Å². The molecule has 1 aliphatic rings. The predicted molar refractivity (Wildman–Crippen MR) is 145 cm³/mol. The normalized spacial score (nSPS) is 24.6. The third-order valence-electron chi connectivity index (χ3n) is 8.02. The number of rotatable bonds is 16. The molecule has 8 heteroatoms. The number of aliphatic hydroxyl groups excluding tert-OH is 2. The van der Waals surface area contributed by atoms with Crippen LogP contribution < -0.4 is 5.32 Å². The van der Waals surface area contributed by atoms with Crippen molar-refractivity contribution in [2.24, 2.45) is 17.3 Å². The van der Waals surface area contributed by atoms with Gasteiger partial charge in [-0.25, -0.2) is 4.98 Å². The minimum Gasteiger partial charge on any atom is -0.392 e. The van der Waals surface area contributed by atoms with E-state index in [1.807, 2.05) is 20.9 Å². The summed E-state index contributed by atoms with van der Waals surface area (Å²) in [7, 11) is 1.97. The van der Waals surface area contributed by atoms with E-state index >= 15 is 0 Å². The molecule has 0 bridgehead atoms. The first-order valence-electron chi connectivity index (χ1n) is 13.1. The highest BCUT2D eigenvalue weighted by atomic mass is 32.1. The molecule has 0 amide bonds. The highest BCUT2D eigenvalue weighted by molar-refractivity contribution is 7.09. The third kappa shape index (κ3) is 7.78. The molecule has 1 aromatic rings. The molecule has 2 heterocycles. The van der Waals surface area contributed by atoms with Crippen molar-refractivity contribution < 1.29 is 24.5 Å². The second-order valence-corrected chi connectivity index (χ2v) is 12.4. The van der Waals surface area contributed by atoms with Gasteiger partial charge in [-0.1, -0.05) is 39.7 Å². The molecule has 1 fully saturated rings. The minimum absolute atomic E-state index is 0.0689. The number of hydrogen-bond acceptors (Lipinski definition) is 8. The number of aliphatic hydroxyl groups is 2. The number of carbonyl (C=O) groups excluding carboxylic acids is 2. The summed E-state index contributed by atoms with van der Waals surface area (Å²) in [5, 5.41) is 27.6. The van der Waals surface area contributed by atoms with Crippen LogP contribution in [0.25, 0.3) is 6.08 Å². The number of nitrogens with zero attached hydrogens (tertiary/aromatic N) is 1. The fourth-order valence-electron chi connectivity index (χ4n) is 5.06. The Hall–Kier alpha value is -1.45. The Bertz CT molecular complexity index is 914. The Kier molecular flexibility index (Phi) is 11.0. The van der Waals surface area contributed by atoms with Gasteiger partial charge < -0.3 is 25.1 Å². The number of nitrogens with one attached hydrogen (secondary N) is 1. The van der Waals surface area contributed by atoms with E-state index in [4.69, 9.17) is 4.74 Å². The maximum atomic E-state index is 12.9. The Morgan fingerprint density at radius 2 is 2.03 bits per heavy atom. The van der Waals surface area contributed by atoms with Crippen LogP contribution in [0, 0.1) is 24.2 Å². The first kappa shape index (κ1) is 30.8. The summed E-state index contributed by atoms with van der Waals surface area (Å²) in [5.74, 6) is -0.909. The van der Waals surface area contributed by atoms with E-state index in [1.165, 1.54) is 5.57 Å². The highest BCUT2D eigenvalue weighted by Crippen LogP contribution is 2.44. The quantitative estimate of drug-likeness (QED) is 0.219. The van der Waals surface area contributed by atoms with Crippen LogP contribution in [0.1, 0.15) is 84.3 Å².